The molecule has 3 aliphatic rings. The van der Waals surface area contributed by atoms with Crippen molar-refractivity contribution in [2.75, 3.05) is 0 Å². The molecule has 0 N–H and O–H groups in total. The van der Waals surface area contributed by atoms with Gasteiger partial charge in [0.1, 0.15) is 11.5 Å². The van der Waals surface area contributed by atoms with Gasteiger partial charge in [-0.1, -0.05) is 147 Å². The Morgan fingerprint density at radius 2 is 0.887 bits per heavy atom. The molecular weight excluding hydrogens is 645 g/mol. The van der Waals surface area contributed by atoms with Crippen LogP contribution in [0, 0.1) is 0 Å². The van der Waals surface area contributed by atoms with Crippen molar-refractivity contribution in [3.63, 3.8) is 0 Å². The highest BCUT2D eigenvalue weighted by Gasteiger charge is 2.51. The number of aromatic nitrogens is 2. The SMILES string of the molecule is CC1(C)c2ccccc2-c2ccc(-c3cc(-c4ccccc4)nc(-c4ccc5c(c4)C4(c6ccccc6O5)c5ccccc5-c5ccccc54)n3)cc21. The molecule has 0 radical (unpaired) electrons. The molecule has 0 saturated heterocycles. The summed E-state index contributed by atoms with van der Waals surface area (Å²) < 4.78 is 6.72. The predicted molar refractivity (Wildman–Crippen MR) is 213 cm³/mol. The second-order valence-corrected chi connectivity index (χ2v) is 14.9. The van der Waals surface area contributed by atoms with Crippen LogP contribution in [0.1, 0.15) is 47.2 Å². The van der Waals surface area contributed by atoms with E-state index in [0.717, 1.165) is 50.7 Å². The highest BCUT2D eigenvalue weighted by molar-refractivity contribution is 5.89. The number of fused-ring (bicyclic) bond motifs is 12. The summed E-state index contributed by atoms with van der Waals surface area (Å²) in [7, 11) is 0. The normalized spacial score (nSPS) is 14.7. The van der Waals surface area contributed by atoms with Crippen molar-refractivity contribution in [1.82, 2.24) is 9.97 Å². The molecule has 250 valence electrons. The summed E-state index contributed by atoms with van der Waals surface area (Å²) in [5.74, 6) is 2.41. The Hall–Kier alpha value is -6.58. The van der Waals surface area contributed by atoms with Gasteiger partial charge in [-0.3, -0.25) is 0 Å². The average molecular weight is 679 g/mol. The van der Waals surface area contributed by atoms with Crippen molar-refractivity contribution < 1.29 is 4.74 Å². The molecule has 8 aromatic rings. The van der Waals surface area contributed by atoms with Gasteiger partial charge < -0.3 is 4.74 Å². The molecule has 0 unspecified atom stereocenters. The van der Waals surface area contributed by atoms with Gasteiger partial charge in [0, 0.05) is 33.2 Å². The number of hydrogen-bond donors (Lipinski definition) is 0. The number of nitrogens with zero attached hydrogens (tertiary/aromatic N) is 2. The molecule has 0 saturated carbocycles. The summed E-state index contributed by atoms with van der Waals surface area (Å²) in [6.45, 7) is 4.65. The summed E-state index contributed by atoms with van der Waals surface area (Å²) in [4.78, 5) is 10.6. The second kappa shape index (κ2) is 11.0. The third-order valence-corrected chi connectivity index (χ3v) is 11.8. The van der Waals surface area contributed by atoms with Crippen LogP contribution in [-0.2, 0) is 10.8 Å². The third-order valence-electron chi connectivity index (χ3n) is 11.8. The van der Waals surface area contributed by atoms with E-state index in [-0.39, 0.29) is 5.41 Å². The smallest absolute Gasteiger partial charge is 0.160 e. The Morgan fingerprint density at radius 3 is 1.60 bits per heavy atom. The standard InChI is InChI=1S/C50H34N2O/c1-49(2)38-19-9-6-16-34(38)37-26-24-32(28-42(37)49)45-30-44(31-14-4-3-5-15-31)51-48(52-45)33-25-27-47-43(29-33)50(41-22-12-13-23-46(41)53-47)39-20-10-7-17-35(39)36-18-8-11-21-40(36)50/h3-30H,1-2H3. The Labute approximate surface area is 309 Å². The van der Waals surface area contributed by atoms with Gasteiger partial charge in [0.25, 0.3) is 0 Å². The first-order chi connectivity index (χ1) is 26.0. The van der Waals surface area contributed by atoms with Gasteiger partial charge in [0.15, 0.2) is 5.82 Å². The number of rotatable bonds is 3. The van der Waals surface area contributed by atoms with Crippen LogP contribution in [0.15, 0.2) is 170 Å². The summed E-state index contributed by atoms with van der Waals surface area (Å²) in [5.41, 5.74) is 16.7. The molecule has 1 spiro atoms. The Bertz CT molecular complexity index is 2750. The number of hydrogen-bond acceptors (Lipinski definition) is 3. The first kappa shape index (κ1) is 30.1. The van der Waals surface area contributed by atoms with Crippen LogP contribution in [-0.4, -0.2) is 9.97 Å². The van der Waals surface area contributed by atoms with Gasteiger partial charge >= 0.3 is 0 Å². The molecule has 3 heteroatoms. The van der Waals surface area contributed by atoms with Crippen LogP contribution in [0.4, 0.5) is 0 Å². The maximum absolute atomic E-state index is 6.72. The minimum absolute atomic E-state index is 0.114. The third kappa shape index (κ3) is 4.16. The zero-order chi connectivity index (χ0) is 35.3. The second-order valence-electron chi connectivity index (χ2n) is 14.9. The van der Waals surface area contributed by atoms with E-state index in [1.165, 1.54) is 44.5 Å². The van der Waals surface area contributed by atoms with E-state index < -0.39 is 5.41 Å². The van der Waals surface area contributed by atoms with Crippen LogP contribution in [0.5, 0.6) is 11.5 Å². The van der Waals surface area contributed by atoms with Crippen molar-refractivity contribution in [3.05, 3.63) is 203 Å². The van der Waals surface area contributed by atoms with Crippen LogP contribution >= 0.6 is 0 Å². The van der Waals surface area contributed by atoms with E-state index in [0.29, 0.717) is 5.82 Å². The lowest BCUT2D eigenvalue weighted by molar-refractivity contribution is 0.436. The molecule has 11 rings (SSSR count). The molecule has 0 atom stereocenters. The fraction of sp³-hybridized carbons (Fsp3) is 0.0800. The number of ether oxygens (including phenoxy) is 1. The Kier molecular flexibility index (Phi) is 6.22. The van der Waals surface area contributed by atoms with Crippen molar-refractivity contribution in [2.24, 2.45) is 0 Å². The topological polar surface area (TPSA) is 35.0 Å². The Balaban J connectivity index is 1.14. The Morgan fingerprint density at radius 1 is 0.377 bits per heavy atom. The highest BCUT2D eigenvalue weighted by atomic mass is 16.5. The maximum atomic E-state index is 6.72. The molecule has 0 fully saturated rings. The fourth-order valence-electron chi connectivity index (χ4n) is 9.34. The molecule has 2 aliphatic carbocycles. The summed E-state index contributed by atoms with van der Waals surface area (Å²) in [6, 6.07) is 60.8. The molecule has 53 heavy (non-hydrogen) atoms. The lowest BCUT2D eigenvalue weighted by Crippen LogP contribution is -2.32. The molecule has 1 aliphatic heterocycles. The minimum Gasteiger partial charge on any atom is -0.457 e. The van der Waals surface area contributed by atoms with E-state index in [9.17, 15) is 0 Å². The quantitative estimate of drug-likeness (QED) is 0.187. The van der Waals surface area contributed by atoms with Crippen LogP contribution in [0.2, 0.25) is 0 Å². The largest absolute Gasteiger partial charge is 0.457 e. The van der Waals surface area contributed by atoms with Crippen molar-refractivity contribution >= 4 is 0 Å². The molecule has 2 heterocycles. The zero-order valence-corrected chi connectivity index (χ0v) is 29.5. The van der Waals surface area contributed by atoms with Crippen LogP contribution < -0.4 is 4.74 Å². The van der Waals surface area contributed by atoms with Gasteiger partial charge in [0.2, 0.25) is 0 Å². The van der Waals surface area contributed by atoms with Crippen molar-refractivity contribution in [2.45, 2.75) is 24.7 Å². The fourth-order valence-corrected chi connectivity index (χ4v) is 9.34. The van der Waals surface area contributed by atoms with E-state index in [4.69, 9.17) is 14.7 Å². The molecule has 7 aromatic carbocycles. The summed E-state index contributed by atoms with van der Waals surface area (Å²) >= 11 is 0. The monoisotopic (exact) mass is 678 g/mol. The van der Waals surface area contributed by atoms with Crippen LogP contribution in [0.3, 0.4) is 0 Å². The molecular formula is C50H34N2O. The van der Waals surface area contributed by atoms with E-state index in [1.807, 2.05) is 6.07 Å². The lowest BCUT2D eigenvalue weighted by atomic mass is 9.66. The summed E-state index contributed by atoms with van der Waals surface area (Å²) in [6.07, 6.45) is 0. The van der Waals surface area contributed by atoms with Crippen molar-refractivity contribution in [1.29, 1.82) is 0 Å². The molecule has 0 amide bonds. The van der Waals surface area contributed by atoms with Crippen LogP contribution in [0.25, 0.3) is 56.2 Å². The molecule has 1 aromatic heterocycles. The van der Waals surface area contributed by atoms with Gasteiger partial charge in [-0.25, -0.2) is 9.97 Å². The molecule has 3 nitrogen and oxygen atoms in total. The summed E-state index contributed by atoms with van der Waals surface area (Å²) in [5, 5.41) is 0. The number of para-hydroxylation sites is 1. The van der Waals surface area contributed by atoms with Crippen molar-refractivity contribution in [3.8, 4) is 67.7 Å². The minimum atomic E-state index is -0.562. The van der Waals surface area contributed by atoms with E-state index >= 15 is 0 Å². The predicted octanol–water partition coefficient (Wildman–Crippen LogP) is 12.3. The zero-order valence-electron chi connectivity index (χ0n) is 29.5. The lowest BCUT2D eigenvalue weighted by Gasteiger charge is -2.39. The first-order valence-corrected chi connectivity index (χ1v) is 18.3. The van der Waals surface area contributed by atoms with E-state index in [2.05, 4.69) is 178 Å². The highest BCUT2D eigenvalue weighted by Crippen LogP contribution is 2.62. The maximum Gasteiger partial charge on any atom is 0.160 e. The number of benzene rings is 7. The van der Waals surface area contributed by atoms with Gasteiger partial charge in [-0.05, 0) is 80.9 Å². The molecule has 0 bridgehead atoms. The van der Waals surface area contributed by atoms with E-state index in [1.54, 1.807) is 0 Å². The van der Waals surface area contributed by atoms with Gasteiger partial charge in [-0.15, -0.1) is 0 Å². The van der Waals surface area contributed by atoms with Gasteiger partial charge in [-0.2, -0.15) is 0 Å². The van der Waals surface area contributed by atoms with Gasteiger partial charge in [0.05, 0.1) is 16.8 Å². The average Bonchev–Trinajstić information content (AvgIpc) is 3.64. The first-order valence-electron chi connectivity index (χ1n) is 18.3.